The number of hydrogen-bond acceptors (Lipinski definition) is 0. The minimum Gasteiger partial charge on any atom is -0.0836 e. The van der Waals surface area contributed by atoms with Crippen molar-refractivity contribution in [2.75, 3.05) is 0 Å². The molecular weight excluding hydrogens is 134 g/mol. The van der Waals surface area contributed by atoms with E-state index in [0.717, 1.165) is 5.92 Å². The minimum atomic E-state index is 0.472. The molecule has 2 atom stereocenters. The normalized spacial score (nSPS) is 31.3. The molecule has 62 valence electrons. The molecule has 0 aromatic carbocycles. The average Bonchev–Trinajstić information content (AvgIpc) is 2.06. The van der Waals surface area contributed by atoms with Crippen molar-refractivity contribution in [3.8, 4) is 6.57 Å². The summed E-state index contributed by atoms with van der Waals surface area (Å²) in [4.78, 5) is 3.88. The Hall–Kier alpha value is -0.510. The topological polar surface area (TPSA) is 4.36 Å². The van der Waals surface area contributed by atoms with Crippen LogP contribution in [0.25, 0.3) is 4.85 Å². The highest BCUT2D eigenvalue weighted by Crippen LogP contribution is 2.29. The van der Waals surface area contributed by atoms with Crippen LogP contribution in [0.2, 0.25) is 0 Å². The van der Waals surface area contributed by atoms with E-state index in [-0.39, 0.29) is 0 Å². The first-order valence-electron chi connectivity index (χ1n) is 4.76. The molecule has 0 amide bonds. The molecule has 1 saturated carbocycles. The summed E-state index contributed by atoms with van der Waals surface area (Å²) < 4.78 is 0. The molecule has 1 fully saturated rings. The second kappa shape index (κ2) is 4.38. The fourth-order valence-electron chi connectivity index (χ4n) is 2.07. The van der Waals surface area contributed by atoms with Crippen LogP contribution >= 0.6 is 0 Å². The standard InChI is InChI=1S/C10H18N/c1-3-5-9-6-4-7-10(8-9)11-2/h2,9-10H,3-8H2,1H3/q+1. The first-order chi connectivity index (χ1) is 5.36. The molecule has 0 saturated heterocycles. The highest BCUT2D eigenvalue weighted by molar-refractivity contribution is 4.87. The van der Waals surface area contributed by atoms with E-state index in [1.165, 1.54) is 38.5 Å². The van der Waals surface area contributed by atoms with E-state index in [4.69, 9.17) is 6.57 Å². The first-order valence-corrected chi connectivity index (χ1v) is 4.76. The SMILES string of the molecule is C#[N+]C1CCCC(CCC)C1. The van der Waals surface area contributed by atoms with Crippen molar-refractivity contribution in [3.05, 3.63) is 4.85 Å². The van der Waals surface area contributed by atoms with Gasteiger partial charge in [0.25, 0.3) is 12.6 Å². The van der Waals surface area contributed by atoms with Gasteiger partial charge in [0, 0.05) is 12.8 Å². The van der Waals surface area contributed by atoms with E-state index < -0.39 is 0 Å². The Kier molecular flexibility index (Phi) is 3.42. The zero-order valence-corrected chi connectivity index (χ0v) is 7.42. The van der Waals surface area contributed by atoms with Gasteiger partial charge in [-0.3, -0.25) is 0 Å². The largest absolute Gasteiger partial charge is 0.272 e. The lowest BCUT2D eigenvalue weighted by atomic mass is 9.83. The summed E-state index contributed by atoms with van der Waals surface area (Å²) in [6, 6.07) is 0.472. The maximum atomic E-state index is 5.29. The third kappa shape index (κ3) is 2.54. The van der Waals surface area contributed by atoms with E-state index in [0.29, 0.717) is 6.04 Å². The second-order valence-corrected chi connectivity index (χ2v) is 3.62. The molecule has 11 heavy (non-hydrogen) atoms. The van der Waals surface area contributed by atoms with Crippen LogP contribution in [0.3, 0.4) is 0 Å². The van der Waals surface area contributed by atoms with Gasteiger partial charge in [-0.1, -0.05) is 24.6 Å². The molecule has 0 N–H and O–H groups in total. The van der Waals surface area contributed by atoms with Gasteiger partial charge in [-0.05, 0) is 18.8 Å². The highest BCUT2D eigenvalue weighted by Gasteiger charge is 2.26. The average molecular weight is 152 g/mol. The zero-order chi connectivity index (χ0) is 8.10. The molecular formula is C10H18N+. The Labute approximate surface area is 69.6 Å². The monoisotopic (exact) mass is 152 g/mol. The quantitative estimate of drug-likeness (QED) is 0.572. The van der Waals surface area contributed by atoms with Gasteiger partial charge in [0.15, 0.2) is 0 Å². The van der Waals surface area contributed by atoms with Crippen LogP contribution in [0.1, 0.15) is 45.4 Å². The van der Waals surface area contributed by atoms with Crippen LogP contribution in [-0.4, -0.2) is 6.04 Å². The van der Waals surface area contributed by atoms with Gasteiger partial charge in [-0.2, -0.15) is 0 Å². The van der Waals surface area contributed by atoms with Crippen LogP contribution in [-0.2, 0) is 0 Å². The molecule has 0 spiro atoms. The van der Waals surface area contributed by atoms with E-state index >= 15 is 0 Å². The Morgan fingerprint density at radius 1 is 1.45 bits per heavy atom. The smallest absolute Gasteiger partial charge is 0.0836 e. The summed E-state index contributed by atoms with van der Waals surface area (Å²) in [7, 11) is 0. The molecule has 0 aromatic heterocycles. The highest BCUT2D eigenvalue weighted by atomic mass is 14.7. The molecule has 0 bridgehead atoms. The third-order valence-electron chi connectivity index (χ3n) is 2.66. The van der Waals surface area contributed by atoms with E-state index in [1.807, 2.05) is 0 Å². The van der Waals surface area contributed by atoms with Crippen LogP contribution < -0.4 is 0 Å². The first kappa shape index (κ1) is 8.59. The van der Waals surface area contributed by atoms with Crippen molar-refractivity contribution >= 4 is 0 Å². The predicted molar refractivity (Wildman–Crippen MR) is 49.0 cm³/mol. The molecule has 0 aromatic rings. The van der Waals surface area contributed by atoms with Crippen LogP contribution in [0, 0.1) is 12.5 Å². The van der Waals surface area contributed by atoms with Crippen molar-refractivity contribution in [1.29, 1.82) is 0 Å². The Balaban J connectivity index is 2.29. The van der Waals surface area contributed by atoms with Crippen molar-refractivity contribution in [2.24, 2.45) is 5.92 Å². The number of hydrogen-bond donors (Lipinski definition) is 0. The fourth-order valence-corrected chi connectivity index (χ4v) is 2.07. The fraction of sp³-hybridized carbons (Fsp3) is 0.900. The van der Waals surface area contributed by atoms with E-state index in [1.54, 1.807) is 0 Å². The predicted octanol–water partition coefficient (Wildman–Crippen LogP) is 3.31. The Morgan fingerprint density at radius 3 is 2.91 bits per heavy atom. The van der Waals surface area contributed by atoms with Crippen molar-refractivity contribution < 1.29 is 0 Å². The minimum absolute atomic E-state index is 0.472. The third-order valence-corrected chi connectivity index (χ3v) is 2.66. The summed E-state index contributed by atoms with van der Waals surface area (Å²) >= 11 is 0. The van der Waals surface area contributed by atoms with E-state index in [9.17, 15) is 0 Å². The number of rotatable bonds is 2. The summed E-state index contributed by atoms with van der Waals surface area (Å²) in [6.07, 6.45) is 7.87. The molecule has 1 nitrogen and oxygen atoms in total. The van der Waals surface area contributed by atoms with Gasteiger partial charge < -0.3 is 0 Å². The Morgan fingerprint density at radius 2 is 2.27 bits per heavy atom. The second-order valence-electron chi connectivity index (χ2n) is 3.62. The lowest BCUT2D eigenvalue weighted by Gasteiger charge is -2.20. The van der Waals surface area contributed by atoms with Crippen molar-refractivity contribution in [3.63, 3.8) is 0 Å². The number of nitrogens with zero attached hydrogens (tertiary/aromatic N) is 1. The van der Waals surface area contributed by atoms with Gasteiger partial charge in [-0.15, -0.1) is 0 Å². The molecule has 1 heteroatoms. The molecule has 1 aliphatic rings. The summed E-state index contributed by atoms with van der Waals surface area (Å²) in [5.41, 5.74) is 0. The van der Waals surface area contributed by atoms with Gasteiger partial charge in [0.1, 0.15) is 0 Å². The van der Waals surface area contributed by atoms with Gasteiger partial charge >= 0.3 is 0 Å². The summed E-state index contributed by atoms with van der Waals surface area (Å²) in [5, 5.41) is 0. The molecule has 0 radical (unpaired) electrons. The lowest BCUT2D eigenvalue weighted by molar-refractivity contribution is 0.325. The zero-order valence-electron chi connectivity index (χ0n) is 7.42. The van der Waals surface area contributed by atoms with Crippen molar-refractivity contribution in [1.82, 2.24) is 0 Å². The molecule has 0 heterocycles. The van der Waals surface area contributed by atoms with Crippen LogP contribution in [0.5, 0.6) is 0 Å². The van der Waals surface area contributed by atoms with E-state index in [2.05, 4.69) is 11.8 Å². The molecule has 0 aliphatic heterocycles. The Bertz CT molecular complexity index is 143. The van der Waals surface area contributed by atoms with Crippen LogP contribution in [0.4, 0.5) is 0 Å². The molecule has 1 rings (SSSR count). The summed E-state index contributed by atoms with van der Waals surface area (Å²) in [5.74, 6) is 0.908. The summed E-state index contributed by atoms with van der Waals surface area (Å²) in [6.45, 7) is 7.54. The van der Waals surface area contributed by atoms with Gasteiger partial charge in [0.2, 0.25) is 0 Å². The lowest BCUT2D eigenvalue weighted by Crippen LogP contribution is -2.16. The maximum Gasteiger partial charge on any atom is 0.272 e. The van der Waals surface area contributed by atoms with Gasteiger partial charge in [-0.25, -0.2) is 0 Å². The van der Waals surface area contributed by atoms with Crippen LogP contribution in [0.15, 0.2) is 0 Å². The van der Waals surface area contributed by atoms with Crippen molar-refractivity contribution in [2.45, 2.75) is 51.5 Å². The molecule has 2 unspecified atom stereocenters. The molecule has 1 aliphatic carbocycles. The maximum absolute atomic E-state index is 5.29. The van der Waals surface area contributed by atoms with Gasteiger partial charge in [0.05, 0.1) is 0 Å².